The van der Waals surface area contributed by atoms with Gasteiger partial charge in [-0.15, -0.1) is 6.58 Å². The van der Waals surface area contributed by atoms with E-state index in [9.17, 15) is 4.79 Å². The molecule has 0 aliphatic carbocycles. The Balaban J connectivity index is 3.15. The molecule has 0 saturated carbocycles. The minimum absolute atomic E-state index is 0.573. The Morgan fingerprint density at radius 2 is 2.57 bits per heavy atom. The lowest BCUT2D eigenvalue weighted by molar-refractivity contribution is 0.461. The van der Waals surface area contributed by atoms with Gasteiger partial charge < -0.3 is 4.90 Å². The van der Waals surface area contributed by atoms with Crippen molar-refractivity contribution in [3.05, 3.63) is 12.7 Å². The highest BCUT2D eigenvalue weighted by molar-refractivity contribution is 5.47. The fourth-order valence-corrected chi connectivity index (χ4v) is 0.231. The Morgan fingerprint density at radius 3 is 2.71 bits per heavy atom. The first-order valence-electron chi connectivity index (χ1n) is 2.01. The summed E-state index contributed by atoms with van der Waals surface area (Å²) >= 11 is 0. The fraction of sp³-hybridized carbons (Fsp3) is 0.400. The van der Waals surface area contributed by atoms with Crippen LogP contribution in [0.4, 0.5) is 0 Å². The molecular weight excluding hydrogens is 90.1 g/mol. The number of likely N-dealkylation sites (N-methyl/N-ethyl adjacent to an activating group) is 1. The highest BCUT2D eigenvalue weighted by Gasteiger charge is 1.84. The van der Waals surface area contributed by atoms with Gasteiger partial charge in [-0.2, -0.15) is 0 Å². The van der Waals surface area contributed by atoms with E-state index in [-0.39, 0.29) is 0 Å². The Hall–Kier alpha value is -0.790. The van der Waals surface area contributed by atoms with E-state index in [0.29, 0.717) is 6.54 Å². The van der Waals surface area contributed by atoms with Crippen LogP contribution in [0.5, 0.6) is 0 Å². The van der Waals surface area contributed by atoms with E-state index < -0.39 is 0 Å². The lowest BCUT2D eigenvalue weighted by Gasteiger charge is -2.01. The van der Waals surface area contributed by atoms with Gasteiger partial charge in [-0.25, -0.2) is 0 Å². The molecule has 0 aliphatic rings. The molecule has 0 heterocycles. The monoisotopic (exact) mass is 98.1 g/mol. The van der Waals surface area contributed by atoms with Crippen molar-refractivity contribution >= 4 is 6.41 Å². The predicted molar refractivity (Wildman–Crippen MR) is 28.5 cm³/mol. The molecule has 0 fully saturated rings. The summed E-state index contributed by atoms with van der Waals surface area (Å²) in [7, 11) is 1.65. The molecule has 0 spiro atoms. The van der Waals surface area contributed by atoms with Gasteiger partial charge in [0.2, 0.25) is 0 Å². The summed E-state index contributed by atoms with van der Waals surface area (Å²) in [5.41, 5.74) is 0. The molecule has 1 radical (unpaired) electrons. The van der Waals surface area contributed by atoms with Crippen LogP contribution >= 0.6 is 0 Å². The quantitative estimate of drug-likeness (QED) is 0.364. The van der Waals surface area contributed by atoms with Gasteiger partial charge in [0.25, 0.3) is 0 Å². The molecular formula is C5H8NO. The normalized spacial score (nSPS) is 7.57. The summed E-state index contributed by atoms with van der Waals surface area (Å²) in [6.45, 7) is 4.00. The number of hydrogen-bond acceptors (Lipinski definition) is 1. The van der Waals surface area contributed by atoms with Gasteiger partial charge in [-0.05, 0) is 0 Å². The lowest BCUT2D eigenvalue weighted by atomic mass is 10.6. The van der Waals surface area contributed by atoms with Gasteiger partial charge in [-0.3, -0.25) is 4.79 Å². The maximum atomic E-state index is 9.65. The highest BCUT2D eigenvalue weighted by atomic mass is 16.1. The SMILES string of the molecule is C=CCN(C)[C]=O. The minimum Gasteiger partial charge on any atom is -0.334 e. The van der Waals surface area contributed by atoms with Crippen LogP contribution in [0, 0.1) is 0 Å². The van der Waals surface area contributed by atoms with Gasteiger partial charge in [0.1, 0.15) is 0 Å². The van der Waals surface area contributed by atoms with E-state index in [2.05, 4.69) is 6.58 Å². The number of carbonyl (C=O) groups excluding carboxylic acids is 1. The lowest BCUT2D eigenvalue weighted by Crippen LogP contribution is -2.14. The van der Waals surface area contributed by atoms with Crippen LogP contribution in [0.2, 0.25) is 0 Å². The largest absolute Gasteiger partial charge is 0.334 e. The third-order valence-electron chi connectivity index (χ3n) is 0.559. The van der Waals surface area contributed by atoms with Crippen molar-refractivity contribution < 1.29 is 4.79 Å². The molecule has 0 unspecified atom stereocenters. The van der Waals surface area contributed by atoms with Crippen molar-refractivity contribution in [1.82, 2.24) is 4.90 Å². The summed E-state index contributed by atoms with van der Waals surface area (Å²) in [6.07, 6.45) is 3.32. The topological polar surface area (TPSA) is 20.3 Å². The van der Waals surface area contributed by atoms with E-state index in [1.807, 2.05) is 0 Å². The maximum absolute atomic E-state index is 9.65. The zero-order chi connectivity index (χ0) is 5.70. The molecule has 2 nitrogen and oxygen atoms in total. The van der Waals surface area contributed by atoms with Crippen LogP contribution in [0.15, 0.2) is 12.7 Å². The molecule has 0 aromatic rings. The molecule has 2 heteroatoms. The minimum atomic E-state index is 0.573. The molecule has 0 saturated heterocycles. The van der Waals surface area contributed by atoms with Gasteiger partial charge in [0.15, 0.2) is 0 Å². The van der Waals surface area contributed by atoms with Gasteiger partial charge >= 0.3 is 6.41 Å². The van der Waals surface area contributed by atoms with Gasteiger partial charge in [0.05, 0.1) is 0 Å². The van der Waals surface area contributed by atoms with Crippen LogP contribution in [-0.2, 0) is 4.79 Å². The number of hydrogen-bond donors (Lipinski definition) is 0. The van der Waals surface area contributed by atoms with Crippen molar-refractivity contribution in [2.45, 2.75) is 0 Å². The molecule has 0 atom stereocenters. The molecule has 0 rings (SSSR count). The fourth-order valence-electron chi connectivity index (χ4n) is 0.231. The van der Waals surface area contributed by atoms with Gasteiger partial charge in [0, 0.05) is 13.6 Å². The zero-order valence-corrected chi connectivity index (χ0v) is 4.35. The van der Waals surface area contributed by atoms with Crippen LogP contribution in [0.1, 0.15) is 0 Å². The van der Waals surface area contributed by atoms with Crippen molar-refractivity contribution in [2.75, 3.05) is 13.6 Å². The second-order valence-electron chi connectivity index (χ2n) is 1.26. The smallest absolute Gasteiger partial charge is 0.312 e. The molecule has 39 valence electrons. The predicted octanol–water partition coefficient (Wildman–Crippen LogP) is 0.171. The first kappa shape index (κ1) is 6.21. The number of nitrogens with zero attached hydrogens (tertiary/aromatic N) is 1. The summed E-state index contributed by atoms with van der Waals surface area (Å²) < 4.78 is 0. The average Bonchev–Trinajstić information content (AvgIpc) is 1.68. The Kier molecular flexibility index (Phi) is 3.02. The summed E-state index contributed by atoms with van der Waals surface area (Å²) in [4.78, 5) is 11.0. The molecule has 0 N–H and O–H groups in total. The van der Waals surface area contributed by atoms with E-state index >= 15 is 0 Å². The van der Waals surface area contributed by atoms with E-state index in [4.69, 9.17) is 0 Å². The first-order valence-corrected chi connectivity index (χ1v) is 2.01. The molecule has 7 heavy (non-hydrogen) atoms. The van der Waals surface area contributed by atoms with Crippen molar-refractivity contribution in [3.63, 3.8) is 0 Å². The summed E-state index contributed by atoms with van der Waals surface area (Å²) in [6, 6.07) is 0. The number of amides is 1. The second-order valence-corrected chi connectivity index (χ2v) is 1.26. The van der Waals surface area contributed by atoms with E-state index in [0.717, 1.165) is 0 Å². The van der Waals surface area contributed by atoms with Crippen molar-refractivity contribution in [1.29, 1.82) is 0 Å². The maximum Gasteiger partial charge on any atom is 0.312 e. The van der Waals surface area contributed by atoms with Gasteiger partial charge in [-0.1, -0.05) is 6.08 Å². The molecule has 0 aromatic carbocycles. The standard InChI is InChI=1S/C5H8NO/c1-3-4-6(2)5-7/h3H,1,4H2,2H3. The Morgan fingerprint density at radius 1 is 2.00 bits per heavy atom. The third kappa shape index (κ3) is 3.03. The zero-order valence-electron chi connectivity index (χ0n) is 4.35. The average molecular weight is 98.1 g/mol. The summed E-state index contributed by atoms with van der Waals surface area (Å²) in [5.74, 6) is 0. The van der Waals surface area contributed by atoms with E-state index in [1.54, 1.807) is 19.5 Å². The van der Waals surface area contributed by atoms with Crippen LogP contribution < -0.4 is 0 Å². The van der Waals surface area contributed by atoms with Crippen LogP contribution in [-0.4, -0.2) is 24.9 Å². The molecule has 0 aromatic heterocycles. The molecule has 0 bridgehead atoms. The first-order chi connectivity index (χ1) is 3.31. The second kappa shape index (κ2) is 3.40. The Labute approximate surface area is 43.4 Å². The van der Waals surface area contributed by atoms with Crippen molar-refractivity contribution in [2.24, 2.45) is 0 Å². The van der Waals surface area contributed by atoms with E-state index in [1.165, 1.54) is 4.90 Å². The van der Waals surface area contributed by atoms with Crippen LogP contribution in [0.25, 0.3) is 0 Å². The molecule has 1 amide bonds. The molecule has 0 aliphatic heterocycles. The highest BCUT2D eigenvalue weighted by Crippen LogP contribution is 1.71. The number of rotatable bonds is 3. The third-order valence-corrected chi connectivity index (χ3v) is 0.559. The summed E-state index contributed by atoms with van der Waals surface area (Å²) in [5, 5.41) is 0. The van der Waals surface area contributed by atoms with Crippen molar-refractivity contribution in [3.8, 4) is 0 Å². The van der Waals surface area contributed by atoms with Crippen LogP contribution in [0.3, 0.4) is 0 Å². The Bertz CT molecular complexity index is 70.5.